The van der Waals surface area contributed by atoms with Crippen LogP contribution in [0.25, 0.3) is 0 Å². The summed E-state index contributed by atoms with van der Waals surface area (Å²) in [6.45, 7) is 9.07. The Morgan fingerprint density at radius 2 is 2.08 bits per heavy atom. The summed E-state index contributed by atoms with van der Waals surface area (Å²) in [4.78, 5) is 10.8. The first kappa shape index (κ1) is 19.6. The van der Waals surface area contributed by atoms with Gasteiger partial charge in [-0.05, 0) is 86.5 Å². The highest BCUT2D eigenvalue weighted by atomic mass is 16.3. The van der Waals surface area contributed by atoms with Gasteiger partial charge in [0.15, 0.2) is 0 Å². The molecule has 0 aromatic carbocycles. The van der Waals surface area contributed by atoms with Gasteiger partial charge in [-0.1, -0.05) is 43.7 Å². The lowest BCUT2D eigenvalue weighted by atomic mass is 9.61. The van der Waals surface area contributed by atoms with Gasteiger partial charge in [-0.2, -0.15) is 0 Å². The van der Waals surface area contributed by atoms with Crippen LogP contribution in [-0.2, 0) is 4.79 Å². The zero-order valence-electron chi connectivity index (χ0n) is 16.7. The van der Waals surface area contributed by atoms with Crippen molar-refractivity contribution in [1.82, 2.24) is 0 Å². The van der Waals surface area contributed by atoms with E-state index in [0.29, 0.717) is 23.7 Å². The minimum Gasteiger partial charge on any atom is -0.393 e. The molecule has 1 N–H and O–H groups in total. The van der Waals surface area contributed by atoms with Crippen LogP contribution < -0.4 is 0 Å². The van der Waals surface area contributed by atoms with E-state index in [9.17, 15) is 9.90 Å². The van der Waals surface area contributed by atoms with Crippen LogP contribution in [-0.4, -0.2) is 17.5 Å². The Morgan fingerprint density at radius 1 is 1.27 bits per heavy atom. The first-order valence-electron chi connectivity index (χ1n) is 10.6. The lowest BCUT2D eigenvalue weighted by Gasteiger charge is -2.44. The molecule has 0 spiro atoms. The predicted octanol–water partition coefficient (Wildman–Crippen LogP) is 5.77. The highest BCUT2D eigenvalue weighted by Crippen LogP contribution is 2.59. The van der Waals surface area contributed by atoms with Crippen LogP contribution in [0.1, 0.15) is 78.1 Å². The van der Waals surface area contributed by atoms with Gasteiger partial charge in [-0.3, -0.25) is 0 Å². The number of carbonyl (C=O) groups is 1. The number of hydrogen-bond acceptors (Lipinski definition) is 2. The third-order valence-electron chi connectivity index (χ3n) is 7.65. The second-order valence-electron chi connectivity index (χ2n) is 9.25. The molecule has 0 radical (unpaired) electrons. The van der Waals surface area contributed by atoms with E-state index in [0.717, 1.165) is 37.9 Å². The van der Waals surface area contributed by atoms with Crippen molar-refractivity contribution < 1.29 is 9.90 Å². The Labute approximate surface area is 159 Å². The molecule has 3 aliphatic carbocycles. The first-order chi connectivity index (χ1) is 12.5. The van der Waals surface area contributed by atoms with Gasteiger partial charge in [0.25, 0.3) is 0 Å². The molecule has 0 aromatic rings. The smallest absolute Gasteiger partial charge is 0.120 e. The second-order valence-corrected chi connectivity index (χ2v) is 9.25. The number of aliphatic hydroxyl groups excluding tert-OH is 1. The number of carbonyl (C=O) groups excluding carboxylic acids is 1. The fourth-order valence-electron chi connectivity index (χ4n) is 6.14. The summed E-state index contributed by atoms with van der Waals surface area (Å²) in [5.41, 5.74) is 4.47. The Morgan fingerprint density at radius 3 is 2.85 bits per heavy atom. The zero-order chi connectivity index (χ0) is 18.7. The monoisotopic (exact) mass is 356 g/mol. The van der Waals surface area contributed by atoms with Crippen LogP contribution in [0.2, 0.25) is 0 Å². The summed E-state index contributed by atoms with van der Waals surface area (Å²) in [5.74, 6) is 2.08. The lowest BCUT2D eigenvalue weighted by Crippen LogP contribution is -2.36. The Hall–Kier alpha value is -1.15. The van der Waals surface area contributed by atoms with Crippen LogP contribution >= 0.6 is 0 Å². The average molecular weight is 357 g/mol. The molecule has 0 bridgehead atoms. The Bertz CT molecular complexity index is 599. The summed E-state index contributed by atoms with van der Waals surface area (Å²) >= 11 is 0. The molecule has 26 heavy (non-hydrogen) atoms. The van der Waals surface area contributed by atoms with Gasteiger partial charge in [0.05, 0.1) is 6.10 Å². The number of aliphatic hydroxyl groups is 1. The molecule has 0 saturated heterocycles. The summed E-state index contributed by atoms with van der Waals surface area (Å²) < 4.78 is 0. The van der Waals surface area contributed by atoms with Gasteiger partial charge in [0, 0.05) is 6.42 Å². The van der Waals surface area contributed by atoms with E-state index >= 15 is 0 Å². The molecule has 2 nitrogen and oxygen atoms in total. The van der Waals surface area contributed by atoms with E-state index < -0.39 is 0 Å². The van der Waals surface area contributed by atoms with Crippen LogP contribution in [0.15, 0.2) is 35.5 Å². The molecular weight excluding hydrogens is 320 g/mol. The maximum Gasteiger partial charge on any atom is 0.120 e. The van der Waals surface area contributed by atoms with E-state index in [1.165, 1.54) is 43.3 Å². The molecule has 0 amide bonds. The molecule has 3 fully saturated rings. The van der Waals surface area contributed by atoms with Gasteiger partial charge in [0.1, 0.15) is 6.29 Å². The molecule has 2 heteroatoms. The maximum atomic E-state index is 10.8. The van der Waals surface area contributed by atoms with E-state index in [2.05, 4.69) is 32.6 Å². The normalized spacial score (nSPS) is 39.2. The van der Waals surface area contributed by atoms with Crippen LogP contribution in [0.3, 0.4) is 0 Å². The minimum atomic E-state index is -0.198. The number of allylic oxidation sites excluding steroid dienone is 4. The van der Waals surface area contributed by atoms with Crippen molar-refractivity contribution in [3.05, 3.63) is 35.5 Å². The summed E-state index contributed by atoms with van der Waals surface area (Å²) in [6, 6.07) is 0. The molecule has 5 atom stereocenters. The standard InChI is InChI=1S/C24H36O2/c1-17-8-11-21(26)16-20(17)10-9-19-7-4-14-24(3)22(12-13-23(19)24)18(2)6-5-15-25/h9-10,15,18,21-23,26H,1,4-8,11-14,16H2,2-3H3/b19-9+,20-10-. The predicted molar refractivity (Wildman–Crippen MR) is 108 cm³/mol. The number of fused-ring (bicyclic) bond motifs is 1. The summed E-state index contributed by atoms with van der Waals surface area (Å²) in [7, 11) is 0. The van der Waals surface area contributed by atoms with Crippen molar-refractivity contribution in [1.29, 1.82) is 0 Å². The fourth-order valence-corrected chi connectivity index (χ4v) is 6.14. The maximum absolute atomic E-state index is 10.8. The molecule has 3 aliphatic rings. The topological polar surface area (TPSA) is 37.3 Å². The van der Waals surface area contributed by atoms with Gasteiger partial charge >= 0.3 is 0 Å². The third-order valence-corrected chi connectivity index (χ3v) is 7.65. The van der Waals surface area contributed by atoms with E-state index in [4.69, 9.17) is 0 Å². The Kier molecular flexibility index (Phi) is 6.22. The molecule has 3 rings (SSSR count). The number of hydrogen-bond donors (Lipinski definition) is 1. The second kappa shape index (κ2) is 8.25. The van der Waals surface area contributed by atoms with Crippen LogP contribution in [0, 0.1) is 23.2 Å². The third kappa shape index (κ3) is 3.91. The highest BCUT2D eigenvalue weighted by molar-refractivity contribution is 5.49. The van der Waals surface area contributed by atoms with Crippen molar-refractivity contribution in [2.45, 2.75) is 84.2 Å². The summed E-state index contributed by atoms with van der Waals surface area (Å²) in [5, 5.41) is 9.96. The molecule has 5 unspecified atom stereocenters. The van der Waals surface area contributed by atoms with E-state index in [1.54, 1.807) is 5.57 Å². The van der Waals surface area contributed by atoms with Crippen molar-refractivity contribution in [2.75, 3.05) is 0 Å². The molecule has 144 valence electrons. The van der Waals surface area contributed by atoms with Crippen LogP contribution in [0.4, 0.5) is 0 Å². The van der Waals surface area contributed by atoms with E-state index in [-0.39, 0.29) is 6.10 Å². The molecule has 0 aromatic heterocycles. The quantitative estimate of drug-likeness (QED) is 0.635. The van der Waals surface area contributed by atoms with Gasteiger partial charge in [0.2, 0.25) is 0 Å². The van der Waals surface area contributed by atoms with Crippen molar-refractivity contribution >= 4 is 6.29 Å². The highest BCUT2D eigenvalue weighted by Gasteiger charge is 2.50. The Balaban J connectivity index is 1.76. The molecule has 3 saturated carbocycles. The van der Waals surface area contributed by atoms with Crippen molar-refractivity contribution in [3.63, 3.8) is 0 Å². The van der Waals surface area contributed by atoms with Gasteiger partial charge in [-0.15, -0.1) is 0 Å². The van der Waals surface area contributed by atoms with Crippen molar-refractivity contribution in [3.8, 4) is 0 Å². The van der Waals surface area contributed by atoms with E-state index in [1.807, 2.05) is 0 Å². The minimum absolute atomic E-state index is 0.198. The molecular formula is C24H36O2. The zero-order valence-corrected chi connectivity index (χ0v) is 16.7. The average Bonchev–Trinajstić information content (AvgIpc) is 2.98. The summed E-state index contributed by atoms with van der Waals surface area (Å²) in [6.07, 6.45) is 16.2. The largest absolute Gasteiger partial charge is 0.393 e. The van der Waals surface area contributed by atoms with Crippen molar-refractivity contribution in [2.24, 2.45) is 23.2 Å². The van der Waals surface area contributed by atoms with Crippen LogP contribution in [0.5, 0.6) is 0 Å². The molecule has 0 heterocycles. The van der Waals surface area contributed by atoms with Gasteiger partial charge < -0.3 is 9.90 Å². The number of rotatable bonds is 5. The molecule has 0 aliphatic heterocycles. The first-order valence-corrected chi connectivity index (χ1v) is 10.6. The van der Waals surface area contributed by atoms with Gasteiger partial charge in [-0.25, -0.2) is 0 Å². The SMILES string of the molecule is C=C1CCC(O)C/C1=C/C=C1\CCCC2(C)C1CCC2C(C)CCC=O. The number of aldehydes is 1. The fraction of sp³-hybridized carbons (Fsp3) is 0.708. The lowest BCUT2D eigenvalue weighted by molar-refractivity contribution is -0.108.